The molecule has 1 aromatic rings. The van der Waals surface area contributed by atoms with Gasteiger partial charge >= 0.3 is 0 Å². The summed E-state index contributed by atoms with van der Waals surface area (Å²) in [6.45, 7) is 1.31. The minimum Gasteiger partial charge on any atom is -0.497 e. The third-order valence-electron chi connectivity index (χ3n) is 3.78. The summed E-state index contributed by atoms with van der Waals surface area (Å²) in [6, 6.07) is 7.76. The van der Waals surface area contributed by atoms with Crippen molar-refractivity contribution in [2.24, 2.45) is 0 Å². The largest absolute Gasteiger partial charge is 0.497 e. The molecule has 1 heterocycles. The van der Waals surface area contributed by atoms with Gasteiger partial charge in [-0.2, -0.15) is 0 Å². The van der Waals surface area contributed by atoms with Crippen LogP contribution in [0.25, 0.3) is 0 Å². The smallest absolute Gasteiger partial charge is 0.211 e. The van der Waals surface area contributed by atoms with Crippen LogP contribution >= 0.6 is 0 Å². The first kappa shape index (κ1) is 16.3. The Morgan fingerprint density at radius 1 is 1.38 bits per heavy atom. The van der Waals surface area contributed by atoms with Gasteiger partial charge in [0.05, 0.1) is 12.9 Å². The van der Waals surface area contributed by atoms with Crippen molar-refractivity contribution < 1.29 is 13.2 Å². The van der Waals surface area contributed by atoms with Crippen molar-refractivity contribution >= 4 is 10.0 Å². The second kappa shape index (κ2) is 7.77. The van der Waals surface area contributed by atoms with Crippen LogP contribution in [0.5, 0.6) is 5.75 Å². The van der Waals surface area contributed by atoms with Gasteiger partial charge in [-0.25, -0.2) is 13.1 Å². The van der Waals surface area contributed by atoms with E-state index in [9.17, 15) is 8.42 Å². The Hall–Kier alpha value is -1.11. The highest BCUT2D eigenvalue weighted by Gasteiger charge is 2.17. The van der Waals surface area contributed by atoms with Gasteiger partial charge in [-0.1, -0.05) is 18.6 Å². The molecule has 0 aromatic heterocycles. The molecule has 1 atom stereocenters. The van der Waals surface area contributed by atoms with Gasteiger partial charge in [0.1, 0.15) is 5.75 Å². The van der Waals surface area contributed by atoms with E-state index in [0.29, 0.717) is 19.0 Å². The zero-order chi connectivity index (χ0) is 15.1. The number of sulfonamides is 1. The molecule has 1 aromatic carbocycles. The summed E-state index contributed by atoms with van der Waals surface area (Å²) in [5.41, 5.74) is 0.897. The molecule has 1 aliphatic heterocycles. The first-order valence-electron chi connectivity index (χ1n) is 7.43. The van der Waals surface area contributed by atoms with E-state index in [1.165, 1.54) is 12.8 Å². The number of rotatable bonds is 7. The fourth-order valence-electron chi connectivity index (χ4n) is 2.52. The van der Waals surface area contributed by atoms with Crippen LogP contribution in [-0.2, 0) is 16.6 Å². The highest BCUT2D eigenvalue weighted by atomic mass is 32.2. The van der Waals surface area contributed by atoms with Crippen molar-refractivity contribution in [1.82, 2.24) is 10.0 Å². The molecule has 0 radical (unpaired) electrons. The number of methoxy groups -OCH3 is 1. The molecule has 0 spiro atoms. The number of nitrogens with one attached hydrogen (secondary N) is 2. The summed E-state index contributed by atoms with van der Waals surface area (Å²) in [5, 5.41) is 3.37. The first-order valence-corrected chi connectivity index (χ1v) is 9.08. The molecule has 5 nitrogen and oxygen atoms in total. The zero-order valence-electron chi connectivity index (χ0n) is 12.5. The fraction of sp³-hybridized carbons (Fsp3) is 0.600. The fourth-order valence-corrected chi connectivity index (χ4v) is 3.64. The van der Waals surface area contributed by atoms with Gasteiger partial charge in [-0.3, -0.25) is 0 Å². The van der Waals surface area contributed by atoms with Crippen molar-refractivity contribution in [3.63, 3.8) is 0 Å². The van der Waals surface area contributed by atoms with E-state index in [-0.39, 0.29) is 5.75 Å². The summed E-state index contributed by atoms with van der Waals surface area (Å²) >= 11 is 0. The summed E-state index contributed by atoms with van der Waals surface area (Å²) in [6.07, 6.45) is 4.13. The molecule has 0 amide bonds. The Kier molecular flexibility index (Phi) is 6.02. The van der Waals surface area contributed by atoms with Crippen molar-refractivity contribution in [3.05, 3.63) is 29.8 Å². The van der Waals surface area contributed by atoms with Crippen LogP contribution in [0.4, 0.5) is 0 Å². The summed E-state index contributed by atoms with van der Waals surface area (Å²) in [5.74, 6) is 0.910. The highest BCUT2D eigenvalue weighted by Crippen LogP contribution is 2.13. The molecule has 1 fully saturated rings. The lowest BCUT2D eigenvalue weighted by Crippen LogP contribution is -2.37. The lowest BCUT2D eigenvalue weighted by molar-refractivity contribution is 0.392. The Balaban J connectivity index is 1.80. The summed E-state index contributed by atoms with van der Waals surface area (Å²) in [4.78, 5) is 0. The van der Waals surface area contributed by atoms with Crippen molar-refractivity contribution in [2.45, 2.75) is 38.3 Å². The lowest BCUT2D eigenvalue weighted by Gasteiger charge is -2.23. The van der Waals surface area contributed by atoms with Gasteiger partial charge in [0, 0.05) is 12.6 Å². The molecule has 0 bridgehead atoms. The molecule has 6 heteroatoms. The third-order valence-corrected chi connectivity index (χ3v) is 5.14. The maximum Gasteiger partial charge on any atom is 0.211 e. The molecule has 1 saturated heterocycles. The number of hydrogen-bond donors (Lipinski definition) is 2. The van der Waals surface area contributed by atoms with Crippen molar-refractivity contribution in [2.75, 3.05) is 19.4 Å². The van der Waals surface area contributed by atoms with Crippen LogP contribution in [0.3, 0.4) is 0 Å². The first-order chi connectivity index (χ1) is 10.1. The van der Waals surface area contributed by atoms with Gasteiger partial charge in [0.15, 0.2) is 0 Å². The van der Waals surface area contributed by atoms with Gasteiger partial charge in [0.2, 0.25) is 10.0 Å². The van der Waals surface area contributed by atoms with Crippen LogP contribution in [-0.4, -0.2) is 33.9 Å². The van der Waals surface area contributed by atoms with E-state index in [2.05, 4.69) is 10.0 Å². The molecule has 2 rings (SSSR count). The van der Waals surface area contributed by atoms with Crippen LogP contribution < -0.4 is 14.8 Å². The van der Waals surface area contributed by atoms with E-state index in [4.69, 9.17) is 4.74 Å². The lowest BCUT2D eigenvalue weighted by atomic mass is 10.0. The van der Waals surface area contributed by atoms with E-state index in [1.807, 2.05) is 24.3 Å². The van der Waals surface area contributed by atoms with E-state index in [0.717, 1.165) is 24.3 Å². The summed E-state index contributed by atoms with van der Waals surface area (Å²) in [7, 11) is -1.63. The van der Waals surface area contributed by atoms with Crippen LogP contribution in [0, 0.1) is 0 Å². The van der Waals surface area contributed by atoms with Crippen molar-refractivity contribution in [1.29, 1.82) is 0 Å². The molecular weight excluding hydrogens is 288 g/mol. The van der Waals surface area contributed by atoms with Gasteiger partial charge in [-0.15, -0.1) is 0 Å². The predicted molar refractivity (Wildman–Crippen MR) is 83.9 cm³/mol. The second-order valence-corrected chi connectivity index (χ2v) is 7.35. The Morgan fingerprint density at radius 2 is 2.24 bits per heavy atom. The number of benzene rings is 1. The number of ether oxygens (including phenoxy) is 1. The Bertz CT molecular complexity index is 540. The topological polar surface area (TPSA) is 67.4 Å². The molecule has 2 N–H and O–H groups in total. The maximum absolute atomic E-state index is 12.0. The molecule has 118 valence electrons. The molecule has 1 aliphatic rings. The average Bonchev–Trinajstić information content (AvgIpc) is 2.52. The molecular formula is C15H24N2O3S. The summed E-state index contributed by atoms with van der Waals surface area (Å²) < 4.78 is 31.8. The average molecular weight is 312 g/mol. The number of hydrogen-bond acceptors (Lipinski definition) is 4. The Labute approximate surface area is 127 Å². The highest BCUT2D eigenvalue weighted by molar-refractivity contribution is 7.89. The van der Waals surface area contributed by atoms with Crippen LogP contribution in [0.1, 0.15) is 31.2 Å². The standard InChI is InChI=1S/C15H24N2O3S/c1-20-15-7-4-5-13(11-15)12-17-21(18,19)10-8-14-6-2-3-9-16-14/h4-5,7,11,14,16-17H,2-3,6,8-10,12H2,1H3. The maximum atomic E-state index is 12.0. The SMILES string of the molecule is COc1cccc(CNS(=O)(=O)CCC2CCCCN2)c1. The number of piperidine rings is 1. The minimum absolute atomic E-state index is 0.175. The van der Waals surface area contributed by atoms with Crippen LogP contribution in [0.2, 0.25) is 0 Å². The molecule has 0 saturated carbocycles. The van der Waals surface area contributed by atoms with Gasteiger partial charge in [-0.05, 0) is 43.5 Å². The van der Waals surface area contributed by atoms with Gasteiger partial charge < -0.3 is 10.1 Å². The Morgan fingerprint density at radius 3 is 2.95 bits per heavy atom. The van der Waals surface area contributed by atoms with E-state index < -0.39 is 10.0 Å². The monoisotopic (exact) mass is 312 g/mol. The van der Waals surface area contributed by atoms with Crippen LogP contribution in [0.15, 0.2) is 24.3 Å². The zero-order valence-corrected chi connectivity index (χ0v) is 13.3. The van der Waals surface area contributed by atoms with Crippen molar-refractivity contribution in [3.8, 4) is 5.75 Å². The minimum atomic E-state index is -3.23. The second-order valence-electron chi connectivity index (χ2n) is 5.43. The molecule has 21 heavy (non-hydrogen) atoms. The third kappa shape index (κ3) is 5.65. The van der Waals surface area contributed by atoms with E-state index >= 15 is 0 Å². The quantitative estimate of drug-likeness (QED) is 0.803. The molecule has 0 aliphatic carbocycles. The predicted octanol–water partition coefficient (Wildman–Crippen LogP) is 1.65. The van der Waals surface area contributed by atoms with E-state index in [1.54, 1.807) is 7.11 Å². The normalized spacial score (nSPS) is 19.4. The molecule has 1 unspecified atom stereocenters. The van der Waals surface area contributed by atoms with Gasteiger partial charge in [0.25, 0.3) is 0 Å².